The molecule has 4 aromatic rings. The molecule has 0 aliphatic heterocycles. The van der Waals surface area contributed by atoms with Crippen LogP contribution in [0.25, 0.3) is 28.4 Å². The second-order valence-corrected chi connectivity index (χ2v) is 6.85. The molecule has 0 fully saturated rings. The monoisotopic (exact) mass is 364 g/mol. The molecule has 0 unspecified atom stereocenters. The van der Waals surface area contributed by atoms with Gasteiger partial charge in [0.1, 0.15) is 5.82 Å². The quantitative estimate of drug-likeness (QED) is 0.491. The van der Waals surface area contributed by atoms with E-state index in [2.05, 4.69) is 47.1 Å². The highest BCUT2D eigenvalue weighted by Crippen LogP contribution is 2.31. The Labute approximate surface area is 164 Å². The van der Waals surface area contributed by atoms with Gasteiger partial charge in [-0.15, -0.1) is 0 Å². The summed E-state index contributed by atoms with van der Waals surface area (Å²) in [6.45, 7) is 0. The van der Waals surface area contributed by atoms with Crippen LogP contribution in [-0.4, -0.2) is 17.0 Å². The van der Waals surface area contributed by atoms with E-state index >= 15 is 0 Å². The second kappa shape index (κ2) is 6.82. The number of hydrogen-bond acceptors (Lipinski definition) is 4. The zero-order valence-corrected chi connectivity index (χ0v) is 15.6. The minimum absolute atomic E-state index is 0.701. The van der Waals surface area contributed by atoms with E-state index in [1.807, 2.05) is 49.5 Å². The molecule has 2 N–H and O–H groups in total. The first-order valence-corrected chi connectivity index (χ1v) is 9.42. The van der Waals surface area contributed by atoms with Crippen molar-refractivity contribution in [3.05, 3.63) is 83.9 Å². The Kier molecular flexibility index (Phi) is 4.02. The van der Waals surface area contributed by atoms with Gasteiger partial charge < -0.3 is 10.6 Å². The Hall–Kier alpha value is -3.66. The van der Waals surface area contributed by atoms with Crippen LogP contribution in [0, 0.1) is 0 Å². The van der Waals surface area contributed by atoms with Crippen LogP contribution in [0.5, 0.6) is 0 Å². The Bertz CT molecular complexity index is 1210. The maximum Gasteiger partial charge on any atom is 0.164 e. The Morgan fingerprint density at radius 2 is 1.75 bits per heavy atom. The maximum atomic E-state index is 4.89. The summed E-state index contributed by atoms with van der Waals surface area (Å²) in [6.07, 6.45) is 5.38. The molecule has 0 spiro atoms. The number of aromatic nitrogens is 2. The predicted octanol–water partition coefficient (Wildman–Crippen LogP) is 5.65. The lowest BCUT2D eigenvalue weighted by Crippen LogP contribution is -2.01. The Balaban J connectivity index is 1.64. The van der Waals surface area contributed by atoms with E-state index in [9.17, 15) is 0 Å². The summed E-state index contributed by atoms with van der Waals surface area (Å²) in [5.41, 5.74) is 6.57. The van der Waals surface area contributed by atoms with Crippen molar-refractivity contribution in [2.24, 2.45) is 0 Å². The number of nitrogens with one attached hydrogen (secondary N) is 2. The summed E-state index contributed by atoms with van der Waals surface area (Å²) in [4.78, 5) is 9.70. The predicted molar refractivity (Wildman–Crippen MR) is 117 cm³/mol. The molecule has 1 aliphatic rings. The fourth-order valence-electron chi connectivity index (χ4n) is 3.65. The van der Waals surface area contributed by atoms with E-state index in [0.717, 1.165) is 40.1 Å². The lowest BCUT2D eigenvalue weighted by atomic mass is 10.1. The van der Waals surface area contributed by atoms with Crippen molar-refractivity contribution in [2.45, 2.75) is 6.42 Å². The van der Waals surface area contributed by atoms with Gasteiger partial charge >= 0.3 is 0 Å². The van der Waals surface area contributed by atoms with Gasteiger partial charge in [0.25, 0.3) is 0 Å². The van der Waals surface area contributed by atoms with Crippen LogP contribution < -0.4 is 10.6 Å². The zero-order valence-electron chi connectivity index (χ0n) is 15.6. The summed E-state index contributed by atoms with van der Waals surface area (Å²) in [5, 5.41) is 7.75. The van der Waals surface area contributed by atoms with E-state index in [1.54, 1.807) is 0 Å². The number of nitrogens with zero attached hydrogens (tertiary/aromatic N) is 2. The molecule has 5 rings (SSSR count). The van der Waals surface area contributed by atoms with Crippen molar-refractivity contribution in [3.8, 4) is 11.4 Å². The number of hydrogen-bond donors (Lipinski definition) is 2. The number of para-hydroxylation sites is 2. The van der Waals surface area contributed by atoms with Crippen LogP contribution in [0.2, 0.25) is 0 Å². The van der Waals surface area contributed by atoms with Gasteiger partial charge in [-0.3, -0.25) is 0 Å². The molecule has 0 atom stereocenters. The van der Waals surface area contributed by atoms with Gasteiger partial charge in [-0.2, -0.15) is 0 Å². The van der Waals surface area contributed by atoms with E-state index in [0.29, 0.717) is 5.82 Å². The third-order valence-corrected chi connectivity index (χ3v) is 5.08. The minimum atomic E-state index is 0.701. The molecule has 0 amide bonds. The molecule has 136 valence electrons. The molecule has 4 heteroatoms. The molecule has 1 heterocycles. The standard InChI is InChI=1S/C24H20N4/c1-25-21-11-4-2-9-19(21)24-27-22-12-5-3-10-20(22)23(28-24)26-18-14-13-16-7-6-8-17(16)15-18/h2-6,8-15,25H,7H2,1H3,(H,26,27,28). The average Bonchev–Trinajstić information content (AvgIpc) is 3.21. The van der Waals surface area contributed by atoms with Gasteiger partial charge in [-0.05, 0) is 53.9 Å². The zero-order chi connectivity index (χ0) is 18.9. The molecule has 4 nitrogen and oxygen atoms in total. The van der Waals surface area contributed by atoms with Crippen molar-refractivity contribution in [2.75, 3.05) is 17.7 Å². The van der Waals surface area contributed by atoms with Crippen molar-refractivity contribution in [1.29, 1.82) is 0 Å². The largest absolute Gasteiger partial charge is 0.388 e. The maximum absolute atomic E-state index is 4.89. The fourth-order valence-corrected chi connectivity index (χ4v) is 3.65. The smallest absolute Gasteiger partial charge is 0.164 e. The van der Waals surface area contributed by atoms with Crippen molar-refractivity contribution < 1.29 is 0 Å². The molecule has 1 aliphatic carbocycles. The highest BCUT2D eigenvalue weighted by Gasteiger charge is 2.13. The summed E-state index contributed by atoms with van der Waals surface area (Å²) in [6, 6.07) is 22.7. The minimum Gasteiger partial charge on any atom is -0.388 e. The molecule has 0 saturated carbocycles. The molecule has 3 aromatic carbocycles. The first kappa shape index (κ1) is 16.5. The highest BCUT2D eigenvalue weighted by atomic mass is 15.0. The molecular weight excluding hydrogens is 344 g/mol. The highest BCUT2D eigenvalue weighted by molar-refractivity contribution is 5.93. The van der Waals surface area contributed by atoms with Crippen LogP contribution in [-0.2, 0) is 6.42 Å². The fraction of sp³-hybridized carbons (Fsp3) is 0.0833. The number of anilines is 3. The van der Waals surface area contributed by atoms with Crippen LogP contribution in [0.15, 0.2) is 72.8 Å². The third kappa shape index (κ3) is 2.89. The van der Waals surface area contributed by atoms with Gasteiger partial charge in [0, 0.05) is 29.4 Å². The van der Waals surface area contributed by atoms with Crippen LogP contribution in [0.1, 0.15) is 11.1 Å². The summed E-state index contributed by atoms with van der Waals surface area (Å²) in [7, 11) is 1.91. The molecule has 28 heavy (non-hydrogen) atoms. The van der Waals surface area contributed by atoms with E-state index in [1.165, 1.54) is 11.1 Å². The van der Waals surface area contributed by atoms with E-state index < -0.39 is 0 Å². The Morgan fingerprint density at radius 1 is 0.893 bits per heavy atom. The van der Waals surface area contributed by atoms with Crippen molar-refractivity contribution >= 4 is 34.2 Å². The topological polar surface area (TPSA) is 49.8 Å². The average molecular weight is 364 g/mol. The lowest BCUT2D eigenvalue weighted by Gasteiger charge is -2.13. The normalized spacial score (nSPS) is 12.2. The molecular formula is C24H20N4. The van der Waals surface area contributed by atoms with Gasteiger partial charge in [-0.25, -0.2) is 9.97 Å². The lowest BCUT2D eigenvalue weighted by molar-refractivity contribution is 1.22. The molecule has 1 aromatic heterocycles. The number of benzene rings is 3. The van der Waals surface area contributed by atoms with Crippen molar-refractivity contribution in [3.63, 3.8) is 0 Å². The first-order chi connectivity index (χ1) is 13.8. The number of allylic oxidation sites excluding steroid dienone is 1. The third-order valence-electron chi connectivity index (χ3n) is 5.08. The van der Waals surface area contributed by atoms with Gasteiger partial charge in [-0.1, -0.05) is 42.5 Å². The Morgan fingerprint density at radius 3 is 2.68 bits per heavy atom. The second-order valence-electron chi connectivity index (χ2n) is 6.85. The summed E-state index contributed by atoms with van der Waals surface area (Å²) in [5.74, 6) is 1.51. The van der Waals surface area contributed by atoms with Crippen LogP contribution in [0.4, 0.5) is 17.2 Å². The molecule has 0 bridgehead atoms. The summed E-state index contributed by atoms with van der Waals surface area (Å²) < 4.78 is 0. The van der Waals surface area contributed by atoms with Crippen LogP contribution in [0.3, 0.4) is 0 Å². The van der Waals surface area contributed by atoms with E-state index in [-0.39, 0.29) is 0 Å². The summed E-state index contributed by atoms with van der Waals surface area (Å²) >= 11 is 0. The van der Waals surface area contributed by atoms with Crippen molar-refractivity contribution in [1.82, 2.24) is 9.97 Å². The number of fused-ring (bicyclic) bond motifs is 2. The van der Waals surface area contributed by atoms with E-state index in [4.69, 9.17) is 9.97 Å². The molecule has 0 radical (unpaired) electrons. The van der Waals surface area contributed by atoms with Gasteiger partial charge in [0.05, 0.1) is 5.52 Å². The van der Waals surface area contributed by atoms with Crippen LogP contribution >= 0.6 is 0 Å². The first-order valence-electron chi connectivity index (χ1n) is 9.42. The number of rotatable bonds is 4. The van der Waals surface area contributed by atoms with Gasteiger partial charge in [0.2, 0.25) is 0 Å². The van der Waals surface area contributed by atoms with Gasteiger partial charge in [0.15, 0.2) is 5.82 Å². The molecule has 0 saturated heterocycles. The SMILES string of the molecule is CNc1ccccc1-c1nc(Nc2ccc3c(c2)C=CC3)c2ccccc2n1.